The molecule has 2 heterocycles. The molecule has 0 bridgehead atoms. The van der Waals surface area contributed by atoms with E-state index in [4.69, 9.17) is 10.8 Å². The number of nitrogens with two attached hydrogens (primary N) is 1. The Kier molecular flexibility index (Phi) is 3.72. The third-order valence-electron chi connectivity index (χ3n) is 3.10. The smallest absolute Gasteiger partial charge is 0.307 e. The van der Waals surface area contributed by atoms with Gasteiger partial charge in [0.1, 0.15) is 0 Å². The average Bonchev–Trinajstić information content (AvgIpc) is 2.39. The molecule has 104 valence electrons. The van der Waals surface area contributed by atoms with Crippen LogP contribution in [0.3, 0.4) is 0 Å². The summed E-state index contributed by atoms with van der Waals surface area (Å²) in [6.07, 6.45) is 2.30. The molecule has 8 heteroatoms. The van der Waals surface area contributed by atoms with Gasteiger partial charge < -0.3 is 10.8 Å². The van der Waals surface area contributed by atoms with Crippen molar-refractivity contribution in [1.82, 2.24) is 9.29 Å². The fourth-order valence-corrected chi connectivity index (χ4v) is 3.48. The second-order valence-corrected chi connectivity index (χ2v) is 6.36. The Morgan fingerprint density at radius 1 is 1.47 bits per heavy atom. The highest BCUT2D eigenvalue weighted by Crippen LogP contribution is 2.23. The van der Waals surface area contributed by atoms with E-state index in [1.54, 1.807) is 0 Å². The van der Waals surface area contributed by atoms with Crippen molar-refractivity contribution < 1.29 is 18.3 Å². The molecule has 0 amide bonds. The number of nitrogens with zero attached hydrogens (tertiary/aromatic N) is 2. The van der Waals surface area contributed by atoms with Gasteiger partial charge in [0.05, 0.1) is 17.8 Å². The van der Waals surface area contributed by atoms with E-state index in [1.165, 1.54) is 22.6 Å². The van der Waals surface area contributed by atoms with Crippen molar-refractivity contribution >= 4 is 21.7 Å². The second kappa shape index (κ2) is 5.14. The first-order chi connectivity index (χ1) is 8.91. The molecule has 1 aromatic heterocycles. The number of nitrogen functional groups attached to an aromatic ring is 1. The number of anilines is 1. The Hall–Kier alpha value is -1.67. The summed E-state index contributed by atoms with van der Waals surface area (Å²) in [6, 6.07) is 2.79. The van der Waals surface area contributed by atoms with Crippen LogP contribution >= 0.6 is 0 Å². The number of hydrogen-bond donors (Lipinski definition) is 2. The van der Waals surface area contributed by atoms with Gasteiger partial charge in [-0.25, -0.2) is 13.4 Å². The number of aliphatic carboxylic acids is 1. The van der Waals surface area contributed by atoms with Crippen molar-refractivity contribution in [2.45, 2.75) is 17.9 Å². The van der Waals surface area contributed by atoms with Gasteiger partial charge in [-0.3, -0.25) is 4.79 Å². The van der Waals surface area contributed by atoms with Crippen molar-refractivity contribution in [2.24, 2.45) is 5.92 Å². The minimum absolute atomic E-state index is 0.0102. The highest BCUT2D eigenvalue weighted by atomic mass is 32.2. The lowest BCUT2D eigenvalue weighted by atomic mass is 10.0. The monoisotopic (exact) mass is 285 g/mol. The lowest BCUT2D eigenvalue weighted by Crippen LogP contribution is -2.42. The van der Waals surface area contributed by atoms with Crippen molar-refractivity contribution in [3.63, 3.8) is 0 Å². The van der Waals surface area contributed by atoms with E-state index in [2.05, 4.69) is 4.98 Å². The lowest BCUT2D eigenvalue weighted by Gasteiger charge is -2.29. The molecular formula is C11H15N3O4S. The molecule has 0 aromatic carbocycles. The number of hydrogen-bond acceptors (Lipinski definition) is 5. The molecule has 19 heavy (non-hydrogen) atoms. The first-order valence-electron chi connectivity index (χ1n) is 5.86. The van der Waals surface area contributed by atoms with Crippen LogP contribution in [0.2, 0.25) is 0 Å². The van der Waals surface area contributed by atoms with Crippen LogP contribution in [0.25, 0.3) is 0 Å². The van der Waals surface area contributed by atoms with Crippen molar-refractivity contribution in [1.29, 1.82) is 0 Å². The summed E-state index contributed by atoms with van der Waals surface area (Å²) in [6.45, 7) is 0.307. The van der Waals surface area contributed by atoms with Gasteiger partial charge in [-0.15, -0.1) is 0 Å². The summed E-state index contributed by atoms with van der Waals surface area (Å²) in [7, 11) is -3.74. The van der Waals surface area contributed by atoms with E-state index in [-0.39, 0.29) is 11.6 Å². The molecule has 0 saturated carbocycles. The first-order valence-corrected chi connectivity index (χ1v) is 7.30. The molecule has 0 aliphatic carbocycles. The number of sulfonamides is 1. The van der Waals surface area contributed by atoms with Crippen LogP contribution in [0.4, 0.5) is 5.69 Å². The Morgan fingerprint density at radius 3 is 2.79 bits per heavy atom. The van der Waals surface area contributed by atoms with Gasteiger partial charge >= 0.3 is 5.97 Å². The van der Waals surface area contributed by atoms with Gasteiger partial charge in [-0.1, -0.05) is 0 Å². The number of carboxylic acids is 1. The van der Waals surface area contributed by atoms with E-state index in [9.17, 15) is 13.2 Å². The minimum Gasteiger partial charge on any atom is -0.481 e. The van der Waals surface area contributed by atoms with Crippen LogP contribution < -0.4 is 5.73 Å². The summed E-state index contributed by atoms with van der Waals surface area (Å²) < 4.78 is 25.8. The summed E-state index contributed by atoms with van der Waals surface area (Å²) in [5.41, 5.74) is 5.84. The molecule has 1 aliphatic rings. The average molecular weight is 285 g/mol. The molecule has 3 N–H and O–H groups in total. The number of aromatic nitrogens is 1. The number of piperidine rings is 1. The van der Waals surface area contributed by atoms with Gasteiger partial charge in [0.15, 0.2) is 5.03 Å². The summed E-state index contributed by atoms with van der Waals surface area (Å²) in [5, 5.41) is 8.87. The normalized spacial score (nSPS) is 21.2. The second-order valence-electron chi connectivity index (χ2n) is 4.47. The molecular weight excluding hydrogens is 270 g/mol. The zero-order valence-electron chi connectivity index (χ0n) is 10.2. The van der Waals surface area contributed by atoms with Crippen LogP contribution in [0.15, 0.2) is 23.4 Å². The highest BCUT2D eigenvalue weighted by Gasteiger charge is 2.33. The van der Waals surface area contributed by atoms with Crippen molar-refractivity contribution in [2.75, 3.05) is 18.8 Å². The van der Waals surface area contributed by atoms with E-state index < -0.39 is 21.9 Å². The fraction of sp³-hybridized carbons (Fsp3) is 0.455. The Bertz CT molecular complexity index is 570. The molecule has 1 atom stereocenters. The van der Waals surface area contributed by atoms with Gasteiger partial charge in [-0.2, -0.15) is 4.31 Å². The molecule has 1 unspecified atom stereocenters. The largest absolute Gasteiger partial charge is 0.481 e. The zero-order chi connectivity index (χ0) is 14.0. The van der Waals surface area contributed by atoms with E-state index in [1.807, 2.05) is 0 Å². The van der Waals surface area contributed by atoms with E-state index in [0.717, 1.165) is 0 Å². The van der Waals surface area contributed by atoms with Gasteiger partial charge in [-0.05, 0) is 25.0 Å². The van der Waals surface area contributed by atoms with Crippen LogP contribution in [0, 0.1) is 5.92 Å². The Morgan fingerprint density at radius 2 is 2.21 bits per heavy atom. The quantitative estimate of drug-likeness (QED) is 0.817. The molecule has 1 aromatic rings. The maximum atomic E-state index is 12.3. The predicted molar refractivity (Wildman–Crippen MR) is 67.8 cm³/mol. The summed E-state index contributed by atoms with van der Waals surface area (Å²) in [4.78, 5) is 14.7. The molecule has 1 fully saturated rings. The first kappa shape index (κ1) is 13.8. The summed E-state index contributed by atoms with van der Waals surface area (Å²) >= 11 is 0. The van der Waals surface area contributed by atoms with Crippen molar-refractivity contribution in [3.8, 4) is 0 Å². The minimum atomic E-state index is -3.74. The lowest BCUT2D eigenvalue weighted by molar-refractivity contribution is -0.142. The fourth-order valence-electron chi connectivity index (χ4n) is 2.04. The molecule has 7 nitrogen and oxygen atoms in total. The van der Waals surface area contributed by atoms with Crippen LogP contribution in [-0.2, 0) is 14.8 Å². The third-order valence-corrected chi connectivity index (χ3v) is 4.88. The Balaban J connectivity index is 2.24. The zero-order valence-corrected chi connectivity index (χ0v) is 11.0. The highest BCUT2D eigenvalue weighted by molar-refractivity contribution is 7.89. The predicted octanol–water partition coefficient (Wildman–Crippen LogP) is 0.149. The van der Waals surface area contributed by atoms with Crippen LogP contribution in [0.1, 0.15) is 12.8 Å². The number of pyridine rings is 1. The standard InChI is InChI=1S/C11H15N3O4S/c12-9-3-4-10(13-6-9)19(17,18)14-5-1-2-8(7-14)11(15)16/h3-4,6,8H,1-2,5,7,12H2,(H,15,16). The summed E-state index contributed by atoms with van der Waals surface area (Å²) in [5.74, 6) is -1.62. The van der Waals surface area contributed by atoms with Crippen molar-refractivity contribution in [3.05, 3.63) is 18.3 Å². The van der Waals surface area contributed by atoms with Gasteiger partial charge in [0, 0.05) is 13.1 Å². The molecule has 1 aliphatic heterocycles. The van der Waals surface area contributed by atoms with Gasteiger partial charge in [0.25, 0.3) is 10.0 Å². The molecule has 2 rings (SSSR count). The maximum Gasteiger partial charge on any atom is 0.307 e. The van der Waals surface area contributed by atoms with Crippen LogP contribution in [0.5, 0.6) is 0 Å². The maximum absolute atomic E-state index is 12.3. The SMILES string of the molecule is Nc1ccc(S(=O)(=O)N2CCCC(C(=O)O)C2)nc1. The molecule has 1 saturated heterocycles. The topological polar surface area (TPSA) is 114 Å². The number of carbonyl (C=O) groups is 1. The Labute approximate surface area is 111 Å². The van der Waals surface area contributed by atoms with E-state index in [0.29, 0.717) is 25.1 Å². The molecule has 0 radical (unpaired) electrons. The van der Waals surface area contributed by atoms with Crippen LogP contribution in [-0.4, -0.2) is 41.9 Å². The number of carboxylic acid groups (broad SMARTS) is 1. The third kappa shape index (κ3) is 2.85. The molecule has 0 spiro atoms. The van der Waals surface area contributed by atoms with E-state index >= 15 is 0 Å². The van der Waals surface area contributed by atoms with Gasteiger partial charge in [0.2, 0.25) is 0 Å². The number of rotatable bonds is 3.